The van der Waals surface area contributed by atoms with Crippen LogP contribution in [-0.4, -0.2) is 36.4 Å². The molecule has 1 amide bonds. The number of carbonyl (C=O) groups excluding carboxylic acids is 1. The molecule has 4 rings (SSSR count). The molecule has 0 aliphatic rings. The van der Waals surface area contributed by atoms with Gasteiger partial charge in [0.05, 0.1) is 38.3 Å². The Labute approximate surface area is 259 Å². The Morgan fingerprint density at radius 3 is 2.14 bits per heavy atom. The fourth-order valence-electron chi connectivity index (χ4n) is 3.83. The molecule has 0 saturated carbocycles. The molecule has 0 unspecified atom stereocenters. The summed E-state index contributed by atoms with van der Waals surface area (Å²) in [5, 5.41) is 3.07. The van der Waals surface area contributed by atoms with Crippen molar-refractivity contribution in [1.82, 2.24) is 0 Å². The van der Waals surface area contributed by atoms with Crippen molar-refractivity contribution in [2.24, 2.45) is 0 Å². The van der Waals surface area contributed by atoms with Crippen molar-refractivity contribution in [1.29, 1.82) is 0 Å². The van der Waals surface area contributed by atoms with Crippen LogP contribution in [-0.2, 0) is 24.8 Å². The maximum Gasteiger partial charge on any atom is 0.264 e. The van der Waals surface area contributed by atoms with Gasteiger partial charge in [0.15, 0.2) is 0 Å². The van der Waals surface area contributed by atoms with Crippen LogP contribution < -0.4 is 19.1 Å². The summed E-state index contributed by atoms with van der Waals surface area (Å²) in [5.74, 6) is -0.517. The summed E-state index contributed by atoms with van der Waals surface area (Å²) in [7, 11) is -6.91. The van der Waals surface area contributed by atoms with Gasteiger partial charge >= 0.3 is 0 Å². The molecule has 4 aromatic rings. The van der Waals surface area contributed by atoms with Crippen LogP contribution in [0.25, 0.3) is 0 Å². The highest BCUT2D eigenvalue weighted by molar-refractivity contribution is 7.93. The Hall–Kier alpha value is -3.48. The number of sulfonamides is 2. The van der Waals surface area contributed by atoms with Gasteiger partial charge < -0.3 is 10.1 Å². The van der Waals surface area contributed by atoms with Gasteiger partial charge in [-0.3, -0.25) is 13.8 Å². The summed E-state index contributed by atoms with van der Waals surface area (Å²) in [6, 6.07) is 20.4. The molecule has 0 radical (unpaired) electrons. The summed E-state index contributed by atoms with van der Waals surface area (Å²) >= 11 is 18.2. The van der Waals surface area contributed by atoms with Gasteiger partial charge in [0.1, 0.15) is 12.3 Å². The Morgan fingerprint density at radius 2 is 1.50 bits per heavy atom. The standard InChI is InChI=1S/C28H24Cl3N3O6S2/c1-18-6-11-22(12-7-18)42(38,39)34(25-16-19(29)8-15-26(25)40-2)17-27(35)32-20-9-13-21(14-10-20)41(36,37)33-24-5-3-4-23(30)28(24)31/h3-16,33H,17H2,1-2H3,(H,32,35). The molecule has 220 valence electrons. The van der Waals surface area contributed by atoms with Crippen molar-refractivity contribution < 1.29 is 26.4 Å². The molecule has 0 atom stereocenters. The number of benzene rings is 4. The molecule has 4 aromatic carbocycles. The van der Waals surface area contributed by atoms with Gasteiger partial charge in [-0.05, 0) is 73.7 Å². The Morgan fingerprint density at radius 1 is 0.857 bits per heavy atom. The quantitative estimate of drug-likeness (QED) is 0.196. The van der Waals surface area contributed by atoms with E-state index in [1.54, 1.807) is 18.2 Å². The average Bonchev–Trinajstić information content (AvgIpc) is 2.94. The van der Waals surface area contributed by atoms with E-state index in [1.165, 1.54) is 73.8 Å². The highest BCUT2D eigenvalue weighted by atomic mass is 35.5. The van der Waals surface area contributed by atoms with Crippen molar-refractivity contribution in [3.05, 3.63) is 106 Å². The summed E-state index contributed by atoms with van der Waals surface area (Å²) in [6.45, 7) is 1.18. The number of methoxy groups -OCH3 is 1. The lowest BCUT2D eigenvalue weighted by Gasteiger charge is -2.26. The zero-order valence-electron chi connectivity index (χ0n) is 22.1. The number of aryl methyl sites for hydroxylation is 1. The molecule has 9 nitrogen and oxygen atoms in total. The van der Waals surface area contributed by atoms with Gasteiger partial charge in [-0.25, -0.2) is 16.8 Å². The molecule has 0 bridgehead atoms. The molecule has 0 aromatic heterocycles. The maximum absolute atomic E-state index is 13.7. The van der Waals surface area contributed by atoms with Gasteiger partial charge in [-0.2, -0.15) is 0 Å². The highest BCUT2D eigenvalue weighted by Gasteiger charge is 2.30. The van der Waals surface area contributed by atoms with Crippen molar-refractivity contribution in [3.8, 4) is 5.75 Å². The lowest BCUT2D eigenvalue weighted by Crippen LogP contribution is -2.38. The van der Waals surface area contributed by atoms with Crippen LogP contribution in [0.3, 0.4) is 0 Å². The number of nitrogens with zero attached hydrogens (tertiary/aromatic N) is 1. The van der Waals surface area contributed by atoms with Gasteiger partial charge in [0.25, 0.3) is 20.0 Å². The minimum Gasteiger partial charge on any atom is -0.495 e. The molecule has 42 heavy (non-hydrogen) atoms. The molecule has 0 fully saturated rings. The number of hydrogen-bond donors (Lipinski definition) is 2. The second kappa shape index (κ2) is 12.8. The van der Waals surface area contributed by atoms with Gasteiger partial charge in [-0.15, -0.1) is 0 Å². The van der Waals surface area contributed by atoms with Crippen LogP contribution in [0.15, 0.2) is 94.7 Å². The first kappa shape index (κ1) is 31.5. The van der Waals surface area contributed by atoms with Crippen LogP contribution in [0.1, 0.15) is 5.56 Å². The fourth-order valence-corrected chi connectivity index (χ4v) is 6.90. The average molecular weight is 669 g/mol. The Kier molecular flexibility index (Phi) is 9.59. The van der Waals surface area contributed by atoms with Crippen LogP contribution >= 0.6 is 34.8 Å². The zero-order chi connectivity index (χ0) is 30.7. The number of anilines is 3. The van der Waals surface area contributed by atoms with E-state index in [1.807, 2.05) is 6.92 Å². The van der Waals surface area contributed by atoms with E-state index in [9.17, 15) is 21.6 Å². The summed E-state index contributed by atoms with van der Waals surface area (Å²) in [5.41, 5.74) is 1.25. The number of halogens is 3. The fraction of sp³-hybridized carbons (Fsp3) is 0.107. The first-order chi connectivity index (χ1) is 19.8. The van der Waals surface area contributed by atoms with E-state index in [0.29, 0.717) is 0 Å². The Balaban J connectivity index is 1.58. The number of nitrogens with one attached hydrogen (secondary N) is 2. The third-order valence-electron chi connectivity index (χ3n) is 5.95. The van der Waals surface area contributed by atoms with E-state index >= 15 is 0 Å². The van der Waals surface area contributed by atoms with Gasteiger partial charge in [0, 0.05) is 10.7 Å². The predicted octanol–water partition coefficient (Wildman–Crippen LogP) is 6.60. The van der Waals surface area contributed by atoms with Crippen molar-refractivity contribution >= 4 is 77.8 Å². The van der Waals surface area contributed by atoms with Crippen LogP contribution in [0.4, 0.5) is 17.1 Å². The third kappa shape index (κ3) is 7.11. The summed E-state index contributed by atoms with van der Waals surface area (Å²) in [6.07, 6.45) is 0. The second-order valence-electron chi connectivity index (χ2n) is 8.92. The maximum atomic E-state index is 13.7. The zero-order valence-corrected chi connectivity index (χ0v) is 26.0. The largest absolute Gasteiger partial charge is 0.495 e. The molecule has 0 aliphatic heterocycles. The van der Waals surface area contributed by atoms with Crippen LogP contribution in [0, 0.1) is 6.92 Å². The molecule has 0 saturated heterocycles. The predicted molar refractivity (Wildman–Crippen MR) is 166 cm³/mol. The minimum absolute atomic E-state index is 0.0372. The van der Waals surface area contributed by atoms with Crippen molar-refractivity contribution in [3.63, 3.8) is 0 Å². The van der Waals surface area contributed by atoms with E-state index < -0.39 is 32.5 Å². The number of rotatable bonds is 10. The van der Waals surface area contributed by atoms with E-state index in [4.69, 9.17) is 39.5 Å². The molecule has 0 heterocycles. The number of hydrogen-bond acceptors (Lipinski definition) is 6. The van der Waals surface area contributed by atoms with Gasteiger partial charge in [0.2, 0.25) is 5.91 Å². The number of carbonyl (C=O) groups is 1. The van der Waals surface area contributed by atoms with Crippen molar-refractivity contribution in [2.45, 2.75) is 16.7 Å². The molecular weight excluding hydrogens is 645 g/mol. The van der Waals surface area contributed by atoms with E-state index in [0.717, 1.165) is 9.87 Å². The van der Waals surface area contributed by atoms with Gasteiger partial charge in [-0.1, -0.05) is 58.6 Å². The smallest absolute Gasteiger partial charge is 0.264 e. The van der Waals surface area contributed by atoms with E-state index in [-0.39, 0.29) is 47.7 Å². The highest BCUT2D eigenvalue weighted by Crippen LogP contribution is 2.35. The molecule has 0 spiro atoms. The normalized spacial score (nSPS) is 11.5. The monoisotopic (exact) mass is 667 g/mol. The number of amides is 1. The SMILES string of the molecule is COc1ccc(Cl)cc1N(CC(=O)Nc1ccc(S(=O)(=O)Nc2cccc(Cl)c2Cl)cc1)S(=O)(=O)c1ccc(C)cc1. The first-order valence-electron chi connectivity index (χ1n) is 12.1. The van der Waals surface area contributed by atoms with E-state index in [2.05, 4.69) is 10.0 Å². The second-order valence-corrected chi connectivity index (χ2v) is 13.7. The topological polar surface area (TPSA) is 122 Å². The minimum atomic E-state index is -4.24. The first-order valence-corrected chi connectivity index (χ1v) is 16.2. The van der Waals surface area contributed by atoms with Crippen molar-refractivity contribution in [2.75, 3.05) is 28.0 Å². The molecule has 2 N–H and O–H groups in total. The summed E-state index contributed by atoms with van der Waals surface area (Å²) < 4.78 is 61.8. The number of ether oxygens (including phenoxy) is 1. The summed E-state index contributed by atoms with van der Waals surface area (Å²) in [4.78, 5) is 13.0. The van der Waals surface area contributed by atoms with Crippen LogP contribution in [0.5, 0.6) is 5.75 Å². The lowest BCUT2D eigenvalue weighted by molar-refractivity contribution is -0.114. The van der Waals surface area contributed by atoms with Crippen LogP contribution in [0.2, 0.25) is 15.1 Å². The molecule has 14 heteroatoms. The molecule has 0 aliphatic carbocycles. The molecular formula is C28H24Cl3N3O6S2. The Bertz CT molecular complexity index is 1830. The lowest BCUT2D eigenvalue weighted by atomic mass is 10.2. The third-order valence-corrected chi connectivity index (χ3v) is 10.2.